The first-order chi connectivity index (χ1) is 12.1. The van der Waals surface area contributed by atoms with Crippen LogP contribution in [0.5, 0.6) is 0 Å². The second-order valence-corrected chi connectivity index (χ2v) is 7.00. The van der Waals surface area contributed by atoms with Crippen LogP contribution in [-0.4, -0.2) is 23.5 Å². The molecule has 25 heavy (non-hydrogen) atoms. The van der Waals surface area contributed by atoms with Crippen molar-refractivity contribution in [1.29, 1.82) is 0 Å². The molecule has 1 aliphatic rings. The number of primary amides is 1. The zero-order valence-electron chi connectivity index (χ0n) is 14.4. The van der Waals surface area contributed by atoms with Gasteiger partial charge in [0.25, 0.3) is 0 Å². The van der Waals surface area contributed by atoms with Crippen LogP contribution in [0.25, 0.3) is 10.9 Å². The van der Waals surface area contributed by atoms with E-state index in [2.05, 4.69) is 53.2 Å². The van der Waals surface area contributed by atoms with Crippen LogP contribution in [0, 0.1) is 0 Å². The molecule has 0 aliphatic carbocycles. The third kappa shape index (κ3) is 3.00. The second-order valence-electron chi connectivity index (χ2n) is 7.00. The largest absolute Gasteiger partial charge is 0.366 e. The van der Waals surface area contributed by atoms with Gasteiger partial charge in [-0.1, -0.05) is 30.3 Å². The lowest BCUT2D eigenvalue weighted by atomic mass is 9.86. The summed E-state index contributed by atoms with van der Waals surface area (Å²) in [6.45, 7) is 3.31. The molecule has 1 aliphatic heterocycles. The smallest absolute Gasteiger partial charge is 0.248 e. The van der Waals surface area contributed by atoms with E-state index in [4.69, 9.17) is 5.73 Å². The van der Waals surface area contributed by atoms with E-state index in [9.17, 15) is 4.79 Å². The monoisotopic (exact) mass is 333 g/mol. The highest BCUT2D eigenvalue weighted by Gasteiger charge is 2.27. The van der Waals surface area contributed by atoms with Crippen molar-refractivity contribution in [2.75, 3.05) is 11.4 Å². The topological polar surface area (TPSA) is 62.1 Å². The number of hydrogen-bond acceptors (Lipinski definition) is 2. The number of hydrogen-bond donors (Lipinski definition) is 2. The van der Waals surface area contributed by atoms with Gasteiger partial charge in [-0.05, 0) is 55.5 Å². The van der Waals surface area contributed by atoms with Crippen LogP contribution >= 0.6 is 0 Å². The van der Waals surface area contributed by atoms with E-state index in [1.165, 1.54) is 5.56 Å². The molecule has 2 aromatic carbocycles. The van der Waals surface area contributed by atoms with Crippen molar-refractivity contribution in [3.8, 4) is 0 Å². The highest BCUT2D eigenvalue weighted by molar-refractivity contribution is 5.97. The lowest BCUT2D eigenvalue weighted by molar-refractivity contribution is 0.100. The first kappa shape index (κ1) is 15.8. The molecule has 2 heterocycles. The van der Waals surface area contributed by atoms with E-state index in [0.29, 0.717) is 17.5 Å². The Morgan fingerprint density at radius 1 is 1.16 bits per heavy atom. The minimum atomic E-state index is -0.387. The van der Waals surface area contributed by atoms with Crippen molar-refractivity contribution in [3.63, 3.8) is 0 Å². The summed E-state index contributed by atoms with van der Waals surface area (Å²) in [5, 5.41) is 1.03. The quantitative estimate of drug-likeness (QED) is 0.760. The maximum Gasteiger partial charge on any atom is 0.248 e. The lowest BCUT2D eigenvalue weighted by Gasteiger charge is -2.38. The van der Waals surface area contributed by atoms with Crippen molar-refractivity contribution >= 4 is 22.6 Å². The summed E-state index contributed by atoms with van der Waals surface area (Å²) < 4.78 is 0. The predicted octanol–water partition coefficient (Wildman–Crippen LogP) is 4.04. The Bertz CT molecular complexity index is 900. The van der Waals surface area contributed by atoms with Gasteiger partial charge in [0.1, 0.15) is 5.82 Å². The highest BCUT2D eigenvalue weighted by atomic mass is 16.1. The minimum Gasteiger partial charge on any atom is -0.366 e. The number of fused-ring (bicyclic) bond motifs is 1. The fourth-order valence-corrected chi connectivity index (χ4v) is 3.98. The number of benzene rings is 2. The van der Waals surface area contributed by atoms with Crippen molar-refractivity contribution in [2.45, 2.75) is 31.7 Å². The summed E-state index contributed by atoms with van der Waals surface area (Å²) in [6.07, 6.45) is 2.29. The van der Waals surface area contributed by atoms with Gasteiger partial charge in [-0.2, -0.15) is 0 Å². The molecule has 2 atom stereocenters. The summed E-state index contributed by atoms with van der Waals surface area (Å²) in [6, 6.07) is 19.0. The number of nitrogens with zero attached hydrogens (tertiary/aromatic N) is 1. The third-order valence-electron chi connectivity index (χ3n) is 5.35. The van der Waals surface area contributed by atoms with Gasteiger partial charge in [0.2, 0.25) is 5.91 Å². The average Bonchev–Trinajstić information content (AvgIpc) is 3.05. The van der Waals surface area contributed by atoms with Crippen LogP contribution in [0.4, 0.5) is 5.82 Å². The second kappa shape index (κ2) is 6.28. The van der Waals surface area contributed by atoms with Gasteiger partial charge in [0.15, 0.2) is 0 Å². The Morgan fingerprint density at radius 2 is 1.96 bits per heavy atom. The maximum absolute atomic E-state index is 11.4. The normalized spacial score (nSPS) is 20.8. The molecule has 128 valence electrons. The molecule has 1 aromatic heterocycles. The van der Waals surface area contributed by atoms with Gasteiger partial charge in [-0.25, -0.2) is 0 Å². The molecule has 0 saturated carbocycles. The standard InChI is InChI=1S/C21H23N3O/c1-14-11-16(15-5-3-2-4-6-15)9-10-24(14)20-13-18-12-17(21(22)25)7-8-19(18)23-20/h2-8,12-14,16,23H,9-11H2,1H3,(H2,22,25)/t14-,16-/m0/s1. The summed E-state index contributed by atoms with van der Waals surface area (Å²) in [5.41, 5.74) is 8.42. The first-order valence-corrected chi connectivity index (χ1v) is 8.86. The maximum atomic E-state index is 11.4. The van der Waals surface area contributed by atoms with Crippen LogP contribution < -0.4 is 10.6 Å². The summed E-state index contributed by atoms with van der Waals surface area (Å²) in [7, 11) is 0. The number of aromatic nitrogens is 1. The number of H-pyrrole nitrogens is 1. The van der Waals surface area contributed by atoms with Gasteiger partial charge < -0.3 is 15.6 Å². The molecule has 1 fully saturated rings. The Balaban J connectivity index is 1.56. The van der Waals surface area contributed by atoms with Crippen molar-refractivity contribution < 1.29 is 4.79 Å². The number of nitrogens with one attached hydrogen (secondary N) is 1. The molecule has 1 amide bonds. The zero-order chi connectivity index (χ0) is 17.4. The Morgan fingerprint density at radius 3 is 2.68 bits per heavy atom. The summed E-state index contributed by atoms with van der Waals surface area (Å²) >= 11 is 0. The van der Waals surface area contributed by atoms with Crippen LogP contribution in [0.15, 0.2) is 54.6 Å². The number of aromatic amines is 1. The summed E-state index contributed by atoms with van der Waals surface area (Å²) in [5.74, 6) is 1.36. The van der Waals surface area contributed by atoms with Crippen molar-refractivity contribution in [2.24, 2.45) is 5.73 Å². The van der Waals surface area contributed by atoms with Gasteiger partial charge in [0, 0.05) is 29.1 Å². The van der Waals surface area contributed by atoms with Gasteiger partial charge in [-0.3, -0.25) is 4.79 Å². The van der Waals surface area contributed by atoms with Crippen molar-refractivity contribution in [3.05, 3.63) is 65.7 Å². The molecular formula is C21H23N3O. The number of amides is 1. The molecule has 4 nitrogen and oxygen atoms in total. The third-order valence-corrected chi connectivity index (χ3v) is 5.35. The fourth-order valence-electron chi connectivity index (χ4n) is 3.98. The number of carbonyl (C=O) groups excluding carboxylic acids is 1. The van der Waals surface area contributed by atoms with E-state index >= 15 is 0 Å². The van der Waals surface area contributed by atoms with Gasteiger partial charge in [0.05, 0.1) is 0 Å². The van der Waals surface area contributed by atoms with E-state index in [1.54, 1.807) is 6.07 Å². The fraction of sp³-hybridized carbons (Fsp3) is 0.286. The number of carbonyl (C=O) groups is 1. The molecule has 0 unspecified atom stereocenters. The number of nitrogens with two attached hydrogens (primary N) is 1. The predicted molar refractivity (Wildman–Crippen MR) is 102 cm³/mol. The highest BCUT2D eigenvalue weighted by Crippen LogP contribution is 2.34. The van der Waals surface area contributed by atoms with E-state index in [0.717, 1.165) is 36.1 Å². The summed E-state index contributed by atoms with van der Waals surface area (Å²) in [4.78, 5) is 17.3. The Hall–Kier alpha value is -2.75. The lowest BCUT2D eigenvalue weighted by Crippen LogP contribution is -2.40. The Labute approximate surface area is 147 Å². The van der Waals surface area contributed by atoms with Gasteiger partial charge >= 0.3 is 0 Å². The molecule has 1 saturated heterocycles. The minimum absolute atomic E-state index is 0.387. The van der Waals surface area contributed by atoms with Crippen LogP contribution in [0.3, 0.4) is 0 Å². The number of rotatable bonds is 3. The molecule has 4 rings (SSSR count). The first-order valence-electron chi connectivity index (χ1n) is 8.86. The van der Waals surface area contributed by atoms with E-state index in [1.807, 2.05) is 12.1 Å². The molecule has 4 heteroatoms. The SMILES string of the molecule is C[C@H]1C[C@@H](c2ccccc2)CCN1c1cc2cc(C(N)=O)ccc2[nH]1. The van der Waals surface area contributed by atoms with Crippen LogP contribution in [-0.2, 0) is 0 Å². The molecule has 3 aromatic rings. The van der Waals surface area contributed by atoms with Gasteiger partial charge in [-0.15, -0.1) is 0 Å². The average molecular weight is 333 g/mol. The Kier molecular flexibility index (Phi) is 3.96. The molecule has 0 bridgehead atoms. The molecule has 0 spiro atoms. The van der Waals surface area contributed by atoms with Crippen LogP contribution in [0.2, 0.25) is 0 Å². The van der Waals surface area contributed by atoms with Crippen LogP contribution in [0.1, 0.15) is 41.6 Å². The zero-order valence-corrected chi connectivity index (χ0v) is 14.4. The van der Waals surface area contributed by atoms with E-state index < -0.39 is 0 Å². The number of anilines is 1. The molecule has 3 N–H and O–H groups in total. The molecule has 0 radical (unpaired) electrons. The molecular weight excluding hydrogens is 310 g/mol. The van der Waals surface area contributed by atoms with Crippen molar-refractivity contribution in [1.82, 2.24) is 4.98 Å². The number of piperidine rings is 1. The van der Waals surface area contributed by atoms with E-state index in [-0.39, 0.29) is 5.91 Å².